The lowest BCUT2D eigenvalue weighted by Gasteiger charge is -2.20. The van der Waals surface area contributed by atoms with Gasteiger partial charge in [0.2, 0.25) is 0 Å². The summed E-state index contributed by atoms with van der Waals surface area (Å²) >= 11 is 0. The molecule has 1 heterocycles. The van der Waals surface area contributed by atoms with Gasteiger partial charge in [-0.3, -0.25) is 9.59 Å². The second kappa shape index (κ2) is 5.36. The average Bonchev–Trinajstić information content (AvgIpc) is 2.49. The predicted octanol–water partition coefficient (Wildman–Crippen LogP) is 1.80. The largest absolute Gasteiger partial charge is 0.392 e. The highest BCUT2D eigenvalue weighted by atomic mass is 16.6. The minimum atomic E-state index is -0.769. The number of ether oxygens (including phenoxy) is 1. The molecule has 2 aromatic carbocycles. The van der Waals surface area contributed by atoms with E-state index in [2.05, 4.69) is 10.1 Å². The summed E-state index contributed by atoms with van der Waals surface area (Å²) in [6.45, 7) is 0. The average molecular weight is 283 g/mol. The Labute approximate surface area is 120 Å². The second-order valence-electron chi connectivity index (χ2n) is 4.88. The Morgan fingerprint density at radius 2 is 1.86 bits per heavy atom. The minimum Gasteiger partial charge on any atom is -0.392 e. The van der Waals surface area contributed by atoms with Crippen molar-refractivity contribution in [3.8, 4) is 0 Å². The number of cyclic esters (lactones) is 2. The molecular weight excluding hydrogens is 270 g/mol. The topological polar surface area (TPSA) is 72.5 Å². The summed E-state index contributed by atoms with van der Waals surface area (Å²) in [6.07, 6.45) is 0.403. The second-order valence-corrected chi connectivity index (χ2v) is 4.88. The van der Waals surface area contributed by atoms with Crippen LogP contribution in [0.25, 0.3) is 10.8 Å². The zero-order valence-corrected chi connectivity index (χ0v) is 11.2. The maximum atomic E-state index is 12.4. The lowest BCUT2D eigenvalue weighted by atomic mass is 10.0. The van der Waals surface area contributed by atoms with E-state index in [1.807, 2.05) is 30.3 Å². The van der Waals surface area contributed by atoms with Gasteiger partial charge in [0.05, 0.1) is 0 Å². The van der Waals surface area contributed by atoms with E-state index in [9.17, 15) is 14.4 Å². The molecule has 5 nitrogen and oxygen atoms in total. The molecule has 0 aromatic heterocycles. The molecule has 1 fully saturated rings. The van der Waals surface area contributed by atoms with Crippen LogP contribution in [0, 0.1) is 0 Å². The van der Waals surface area contributed by atoms with Crippen LogP contribution >= 0.6 is 0 Å². The molecule has 1 atom stereocenters. The molecule has 0 spiro atoms. The first-order valence-electron chi connectivity index (χ1n) is 6.68. The molecule has 0 radical (unpaired) electrons. The number of hydrogen-bond acceptors (Lipinski definition) is 4. The number of carbonyl (C=O) groups is 3. The van der Waals surface area contributed by atoms with Crippen LogP contribution in [0.1, 0.15) is 23.2 Å². The van der Waals surface area contributed by atoms with Crippen molar-refractivity contribution < 1.29 is 19.1 Å². The molecule has 0 saturated carbocycles. The van der Waals surface area contributed by atoms with E-state index in [-0.39, 0.29) is 18.7 Å². The molecule has 1 aliphatic heterocycles. The Morgan fingerprint density at radius 3 is 2.67 bits per heavy atom. The fourth-order valence-corrected chi connectivity index (χ4v) is 2.40. The molecule has 106 valence electrons. The van der Waals surface area contributed by atoms with E-state index in [1.54, 1.807) is 12.1 Å². The SMILES string of the molecule is O=C1CCC(NC(=O)c2cccc3ccccc23)C(=O)O1. The monoisotopic (exact) mass is 283 g/mol. The highest BCUT2D eigenvalue weighted by Gasteiger charge is 2.30. The fraction of sp³-hybridized carbons (Fsp3) is 0.188. The lowest BCUT2D eigenvalue weighted by molar-refractivity contribution is -0.165. The Kier molecular flexibility index (Phi) is 3.39. The Morgan fingerprint density at radius 1 is 1.10 bits per heavy atom. The summed E-state index contributed by atoms with van der Waals surface area (Å²) < 4.78 is 4.53. The van der Waals surface area contributed by atoms with Crippen LogP contribution in [0.3, 0.4) is 0 Å². The van der Waals surface area contributed by atoms with E-state index in [0.29, 0.717) is 5.56 Å². The summed E-state index contributed by atoms with van der Waals surface area (Å²) in [7, 11) is 0. The van der Waals surface area contributed by atoms with Gasteiger partial charge in [0, 0.05) is 12.0 Å². The van der Waals surface area contributed by atoms with E-state index in [0.717, 1.165) is 10.8 Å². The van der Waals surface area contributed by atoms with Crippen LogP contribution < -0.4 is 5.32 Å². The molecule has 0 aliphatic carbocycles. The van der Waals surface area contributed by atoms with Crippen LogP contribution in [0.15, 0.2) is 42.5 Å². The molecule has 0 bridgehead atoms. The molecule has 3 rings (SSSR count). The summed E-state index contributed by atoms with van der Waals surface area (Å²) in [5.41, 5.74) is 0.498. The van der Waals surface area contributed by atoms with E-state index in [1.165, 1.54) is 0 Å². The summed E-state index contributed by atoms with van der Waals surface area (Å²) in [6, 6.07) is 12.2. The first kappa shape index (κ1) is 13.3. The molecule has 1 N–H and O–H groups in total. The van der Waals surface area contributed by atoms with Crippen LogP contribution in [-0.4, -0.2) is 23.9 Å². The number of nitrogens with one attached hydrogen (secondary N) is 1. The number of esters is 2. The molecule has 5 heteroatoms. The van der Waals surface area contributed by atoms with Gasteiger partial charge in [-0.1, -0.05) is 36.4 Å². The normalized spacial score (nSPS) is 18.4. The van der Waals surface area contributed by atoms with Gasteiger partial charge in [-0.2, -0.15) is 0 Å². The van der Waals surface area contributed by atoms with Crippen LogP contribution in [0.4, 0.5) is 0 Å². The molecule has 21 heavy (non-hydrogen) atoms. The zero-order chi connectivity index (χ0) is 14.8. The fourth-order valence-electron chi connectivity index (χ4n) is 2.40. The van der Waals surface area contributed by atoms with Crippen molar-refractivity contribution in [1.29, 1.82) is 0 Å². The molecule has 1 aliphatic rings. The van der Waals surface area contributed by atoms with E-state index >= 15 is 0 Å². The molecule has 1 unspecified atom stereocenters. The summed E-state index contributed by atoms with van der Waals surface area (Å²) in [4.78, 5) is 34.9. The van der Waals surface area contributed by atoms with Gasteiger partial charge in [0.1, 0.15) is 6.04 Å². The molecule has 1 saturated heterocycles. The third-order valence-electron chi connectivity index (χ3n) is 3.48. The van der Waals surface area contributed by atoms with Crippen molar-refractivity contribution >= 4 is 28.6 Å². The van der Waals surface area contributed by atoms with Crippen LogP contribution in [-0.2, 0) is 14.3 Å². The van der Waals surface area contributed by atoms with Crippen molar-refractivity contribution in [3.63, 3.8) is 0 Å². The Balaban J connectivity index is 1.84. The third-order valence-corrected chi connectivity index (χ3v) is 3.48. The number of fused-ring (bicyclic) bond motifs is 1. The molecule has 2 aromatic rings. The molecular formula is C16H13NO4. The van der Waals surface area contributed by atoms with Crippen molar-refractivity contribution in [2.75, 3.05) is 0 Å². The third kappa shape index (κ3) is 2.63. The first-order chi connectivity index (χ1) is 10.1. The van der Waals surface area contributed by atoms with Gasteiger partial charge in [-0.05, 0) is 23.3 Å². The number of hydrogen-bond donors (Lipinski definition) is 1. The highest BCUT2D eigenvalue weighted by Crippen LogP contribution is 2.19. The number of carbonyl (C=O) groups excluding carboxylic acids is 3. The maximum absolute atomic E-state index is 12.4. The number of amides is 1. The van der Waals surface area contributed by atoms with Crippen molar-refractivity contribution in [3.05, 3.63) is 48.0 Å². The van der Waals surface area contributed by atoms with E-state index in [4.69, 9.17) is 0 Å². The number of rotatable bonds is 2. The van der Waals surface area contributed by atoms with Crippen molar-refractivity contribution in [2.24, 2.45) is 0 Å². The summed E-state index contributed by atoms with van der Waals surface area (Å²) in [5, 5.41) is 4.40. The van der Waals surface area contributed by atoms with Gasteiger partial charge in [-0.25, -0.2) is 4.79 Å². The van der Waals surface area contributed by atoms with Crippen molar-refractivity contribution in [2.45, 2.75) is 18.9 Å². The van der Waals surface area contributed by atoms with Gasteiger partial charge < -0.3 is 10.1 Å². The lowest BCUT2D eigenvalue weighted by Crippen LogP contribution is -2.45. The quantitative estimate of drug-likeness (QED) is 0.674. The van der Waals surface area contributed by atoms with Gasteiger partial charge in [0.25, 0.3) is 5.91 Å². The Bertz CT molecular complexity index is 733. The first-order valence-corrected chi connectivity index (χ1v) is 6.68. The molecule has 1 amide bonds. The maximum Gasteiger partial charge on any atom is 0.336 e. The summed E-state index contributed by atoms with van der Waals surface area (Å²) in [5.74, 6) is -1.58. The van der Waals surface area contributed by atoms with E-state index < -0.39 is 18.0 Å². The van der Waals surface area contributed by atoms with Crippen LogP contribution in [0.2, 0.25) is 0 Å². The Hall–Kier alpha value is -2.69. The predicted molar refractivity (Wildman–Crippen MR) is 75.5 cm³/mol. The zero-order valence-electron chi connectivity index (χ0n) is 11.2. The standard InChI is InChI=1S/C16H13NO4/c18-14-9-8-13(16(20)21-14)17-15(19)12-7-3-5-10-4-1-2-6-11(10)12/h1-7,13H,8-9H2,(H,17,19). The van der Waals surface area contributed by atoms with Crippen molar-refractivity contribution in [1.82, 2.24) is 5.32 Å². The minimum absolute atomic E-state index is 0.131. The van der Waals surface area contributed by atoms with Gasteiger partial charge >= 0.3 is 11.9 Å². The van der Waals surface area contributed by atoms with Crippen LogP contribution in [0.5, 0.6) is 0 Å². The van der Waals surface area contributed by atoms with Gasteiger partial charge in [0.15, 0.2) is 0 Å². The highest BCUT2D eigenvalue weighted by molar-refractivity contribution is 6.08. The smallest absolute Gasteiger partial charge is 0.336 e. The number of benzene rings is 2. The van der Waals surface area contributed by atoms with Gasteiger partial charge in [-0.15, -0.1) is 0 Å².